The van der Waals surface area contributed by atoms with Crippen molar-refractivity contribution in [3.63, 3.8) is 0 Å². The van der Waals surface area contributed by atoms with Gasteiger partial charge in [0.15, 0.2) is 0 Å². The summed E-state index contributed by atoms with van der Waals surface area (Å²) < 4.78 is 12.6. The van der Waals surface area contributed by atoms with E-state index in [0.29, 0.717) is 0 Å². The molecular formula is C51H46N4OPt. The van der Waals surface area contributed by atoms with E-state index in [9.17, 15) is 0 Å². The van der Waals surface area contributed by atoms with Gasteiger partial charge in [0, 0.05) is 6.20 Å². The van der Waals surface area contributed by atoms with Crippen LogP contribution in [0.1, 0.15) is 52.2 Å². The Morgan fingerprint density at radius 2 is 1.25 bits per heavy atom. The molecule has 0 amide bonds. The first-order valence-electron chi connectivity index (χ1n) is 19.7. The third kappa shape index (κ3) is 6.89. The second-order valence-corrected chi connectivity index (χ2v) is 17.6. The fraction of sp³-hybridized carbons (Fsp3) is 0.176. The van der Waals surface area contributed by atoms with Crippen LogP contribution in [0.4, 0.5) is 11.5 Å². The average Bonchev–Trinajstić information content (AvgIpc) is 3.52. The molecule has 9 rings (SSSR count). The molecule has 0 aliphatic carbocycles. The number of fused-ring (bicyclic) bond motifs is 2. The first-order valence-corrected chi connectivity index (χ1v) is 20.8. The number of aromatic nitrogens is 3. The number of anilines is 2. The molecule has 1 aliphatic heterocycles. The van der Waals surface area contributed by atoms with Gasteiger partial charge in [0.25, 0.3) is 0 Å². The Labute approximate surface area is 346 Å². The van der Waals surface area contributed by atoms with Crippen molar-refractivity contribution < 1.29 is 24.1 Å². The Hall–Kier alpha value is -5.77. The Balaban J connectivity index is 1.15. The minimum absolute atomic E-state index is 0.0309. The molecule has 0 saturated heterocycles. The predicted octanol–water partition coefficient (Wildman–Crippen LogP) is 13.1. The molecule has 5 nitrogen and oxygen atoms in total. The number of pyridine rings is 1. The number of rotatable bonds is 7. The number of hydrogen-bond donors (Lipinski definition) is 0. The molecule has 0 bridgehead atoms. The van der Waals surface area contributed by atoms with Crippen LogP contribution in [0.15, 0.2) is 164 Å². The fourth-order valence-electron chi connectivity index (χ4n) is 8.17. The van der Waals surface area contributed by atoms with Crippen molar-refractivity contribution >= 4 is 22.5 Å². The summed E-state index contributed by atoms with van der Waals surface area (Å²) in [6, 6.07) is 56.1. The fourth-order valence-corrected chi connectivity index (χ4v) is 9.26. The number of benzene rings is 6. The van der Waals surface area contributed by atoms with Crippen LogP contribution in [0.5, 0.6) is 11.5 Å². The molecule has 6 aromatic carbocycles. The van der Waals surface area contributed by atoms with Crippen molar-refractivity contribution in [1.82, 2.24) is 14.1 Å². The molecular weight excluding hydrogens is 880 g/mol. The molecule has 286 valence electrons. The van der Waals surface area contributed by atoms with Crippen LogP contribution in [-0.2, 0) is 30.2 Å². The van der Waals surface area contributed by atoms with Gasteiger partial charge in [-0.15, -0.1) is 0 Å². The quantitative estimate of drug-likeness (QED) is 0.160. The maximum absolute atomic E-state index is 6.76. The van der Waals surface area contributed by atoms with Crippen molar-refractivity contribution in [2.45, 2.75) is 51.9 Å². The molecule has 1 aliphatic rings. The van der Waals surface area contributed by atoms with Crippen molar-refractivity contribution in [3.8, 4) is 45.1 Å². The van der Waals surface area contributed by atoms with E-state index < -0.39 is 0 Å². The van der Waals surface area contributed by atoms with Gasteiger partial charge in [-0.3, -0.25) is 0 Å². The van der Waals surface area contributed by atoms with Crippen LogP contribution in [-0.4, -0.2) is 20.7 Å². The Morgan fingerprint density at radius 1 is 0.632 bits per heavy atom. The van der Waals surface area contributed by atoms with Gasteiger partial charge in [-0.25, -0.2) is 0 Å². The summed E-state index contributed by atoms with van der Waals surface area (Å²) >= 11 is 2.50. The molecule has 0 spiro atoms. The molecule has 0 unspecified atom stereocenters. The zero-order valence-electron chi connectivity index (χ0n) is 33.0. The SMILES string of the molecule is CC(C)(C)c1ccnc(N2CCC(C)(C)c3ccc(Oc4cccc(-n5[c](=[Pt])n(-c6c(-c7ccccc7)cccc6-c6ccccc6)c6ccccc65)c4)cc32)c1. The van der Waals surface area contributed by atoms with Crippen LogP contribution in [0.25, 0.3) is 44.7 Å². The van der Waals surface area contributed by atoms with Crippen molar-refractivity contribution in [3.05, 3.63) is 179 Å². The third-order valence-corrected chi connectivity index (χ3v) is 12.3. The van der Waals surface area contributed by atoms with E-state index >= 15 is 0 Å². The summed E-state index contributed by atoms with van der Waals surface area (Å²) in [5, 5.41) is 0. The molecule has 3 heterocycles. The van der Waals surface area contributed by atoms with E-state index in [2.05, 4.69) is 220 Å². The Kier molecular flexibility index (Phi) is 9.45. The molecule has 0 atom stereocenters. The summed E-state index contributed by atoms with van der Waals surface area (Å²) in [5.41, 5.74) is 12.9. The van der Waals surface area contributed by atoms with Gasteiger partial charge in [-0.1, -0.05) is 20.8 Å². The topological polar surface area (TPSA) is 35.2 Å². The van der Waals surface area contributed by atoms with Crippen LogP contribution >= 0.6 is 0 Å². The first-order chi connectivity index (χ1) is 27.6. The van der Waals surface area contributed by atoms with E-state index in [0.717, 1.165) is 62.2 Å². The molecule has 8 aromatic rings. The van der Waals surface area contributed by atoms with Gasteiger partial charge in [-0.2, -0.15) is 0 Å². The number of nitrogens with zero attached hydrogens (tertiary/aromatic N) is 4. The number of hydrogen-bond acceptors (Lipinski definition) is 3. The Bertz CT molecular complexity index is 2750. The summed E-state index contributed by atoms with van der Waals surface area (Å²) in [4.78, 5) is 7.23. The number of ether oxygens (including phenoxy) is 1. The standard InChI is InChI=1S/C51H46N4O.Pt/c1-50(2,3)38-28-30-52-48(32-38)53-31-29-51(4,5)44-27-26-41(34-47(44)53)56-40-21-14-20-39(33-40)54-35-55(46-25-13-12-24-45(46)54)49-42(36-16-8-6-9-17-36)22-15-23-43(49)37-18-10-7-11-19-37;/h6-28,30,32-34H,29,31H2,1-5H3;. The normalized spacial score (nSPS) is 13.8. The van der Waals surface area contributed by atoms with E-state index in [1.807, 2.05) is 12.3 Å². The van der Waals surface area contributed by atoms with E-state index in [1.165, 1.54) is 33.4 Å². The van der Waals surface area contributed by atoms with Gasteiger partial charge in [0.05, 0.1) is 0 Å². The van der Waals surface area contributed by atoms with Gasteiger partial charge < -0.3 is 0 Å². The second-order valence-electron chi connectivity index (χ2n) is 16.6. The Morgan fingerprint density at radius 3 is 1.91 bits per heavy atom. The van der Waals surface area contributed by atoms with Gasteiger partial charge in [0.1, 0.15) is 0 Å². The monoisotopic (exact) mass is 925 g/mol. The zero-order valence-corrected chi connectivity index (χ0v) is 35.3. The van der Waals surface area contributed by atoms with Crippen LogP contribution < -0.4 is 9.64 Å². The van der Waals surface area contributed by atoms with Gasteiger partial charge >= 0.3 is 304 Å². The van der Waals surface area contributed by atoms with E-state index in [4.69, 9.17) is 9.72 Å². The molecule has 2 aromatic heterocycles. The first kappa shape index (κ1) is 36.8. The van der Waals surface area contributed by atoms with Crippen molar-refractivity contribution in [2.75, 3.05) is 11.4 Å². The zero-order chi connectivity index (χ0) is 39.3. The molecule has 0 fully saturated rings. The minimum atomic E-state index is 0.0309. The third-order valence-electron chi connectivity index (χ3n) is 11.3. The molecule has 0 saturated carbocycles. The summed E-state index contributed by atoms with van der Waals surface area (Å²) in [6.45, 7) is 12.3. The van der Waals surface area contributed by atoms with Gasteiger partial charge in [0.2, 0.25) is 0 Å². The second kappa shape index (κ2) is 14.6. The van der Waals surface area contributed by atoms with Crippen molar-refractivity contribution in [2.24, 2.45) is 0 Å². The van der Waals surface area contributed by atoms with Crippen LogP contribution in [0, 0.1) is 3.80 Å². The molecule has 57 heavy (non-hydrogen) atoms. The summed E-state index contributed by atoms with van der Waals surface area (Å²) in [6.07, 6.45) is 2.98. The molecule has 0 radical (unpaired) electrons. The summed E-state index contributed by atoms with van der Waals surface area (Å²) in [5.74, 6) is 2.55. The van der Waals surface area contributed by atoms with Crippen LogP contribution in [0.2, 0.25) is 0 Å². The van der Waals surface area contributed by atoms with E-state index in [-0.39, 0.29) is 10.8 Å². The van der Waals surface area contributed by atoms with Gasteiger partial charge in [-0.05, 0) is 17.0 Å². The average molecular weight is 926 g/mol. The maximum atomic E-state index is 6.76. The van der Waals surface area contributed by atoms with Crippen LogP contribution in [0.3, 0.4) is 0 Å². The molecule has 6 heteroatoms. The predicted molar refractivity (Wildman–Crippen MR) is 231 cm³/mol. The summed E-state index contributed by atoms with van der Waals surface area (Å²) in [7, 11) is 0. The number of para-hydroxylation sites is 3. The van der Waals surface area contributed by atoms with Crippen molar-refractivity contribution in [1.29, 1.82) is 0 Å². The number of imidazole rings is 1. The molecule has 0 N–H and O–H groups in total. The van der Waals surface area contributed by atoms with E-state index in [1.54, 1.807) is 0 Å².